The number of hydrogen-bond acceptors (Lipinski definition) is 3. The second kappa shape index (κ2) is 8.11. The van der Waals surface area contributed by atoms with Gasteiger partial charge in [-0.1, -0.05) is 30.3 Å². The largest absolute Gasteiger partial charge is 0.481 e. The molecule has 5 nitrogen and oxygen atoms in total. The van der Waals surface area contributed by atoms with Gasteiger partial charge in [0.15, 0.2) is 0 Å². The van der Waals surface area contributed by atoms with Gasteiger partial charge in [-0.25, -0.2) is 0 Å². The third kappa shape index (κ3) is 5.36. The molecule has 0 aliphatic heterocycles. The molecule has 0 bridgehead atoms. The predicted molar refractivity (Wildman–Crippen MR) is 87.1 cm³/mol. The molecule has 23 heavy (non-hydrogen) atoms. The SMILES string of the molecule is COCCC1(C(=O)NC(CCC(=O)O)Cc2ccccc2)CC1. The number of carbonyl (C=O) groups is 2. The molecule has 1 saturated carbocycles. The quantitative estimate of drug-likeness (QED) is 0.694. The second-order valence-corrected chi connectivity index (χ2v) is 6.32. The summed E-state index contributed by atoms with van der Waals surface area (Å²) in [6.07, 6.45) is 3.66. The van der Waals surface area contributed by atoms with Crippen molar-refractivity contribution in [1.29, 1.82) is 0 Å². The van der Waals surface area contributed by atoms with Gasteiger partial charge in [0.2, 0.25) is 5.91 Å². The maximum atomic E-state index is 12.6. The summed E-state index contributed by atoms with van der Waals surface area (Å²) in [5.41, 5.74) is 0.804. The van der Waals surface area contributed by atoms with Crippen LogP contribution >= 0.6 is 0 Å². The summed E-state index contributed by atoms with van der Waals surface area (Å²) >= 11 is 0. The van der Waals surface area contributed by atoms with E-state index in [0.29, 0.717) is 19.4 Å². The van der Waals surface area contributed by atoms with Crippen molar-refractivity contribution >= 4 is 11.9 Å². The molecule has 2 N–H and O–H groups in total. The highest BCUT2D eigenvalue weighted by atomic mass is 16.5. The Morgan fingerprint density at radius 2 is 2.00 bits per heavy atom. The van der Waals surface area contributed by atoms with Crippen molar-refractivity contribution in [2.75, 3.05) is 13.7 Å². The summed E-state index contributed by atoms with van der Waals surface area (Å²) in [6.45, 7) is 0.575. The first kappa shape index (κ1) is 17.5. The first-order chi connectivity index (χ1) is 11.1. The number of carbonyl (C=O) groups excluding carboxylic acids is 1. The summed E-state index contributed by atoms with van der Waals surface area (Å²) in [7, 11) is 1.64. The van der Waals surface area contributed by atoms with E-state index in [0.717, 1.165) is 24.8 Å². The minimum absolute atomic E-state index is 0.0425. The Morgan fingerprint density at radius 3 is 2.57 bits per heavy atom. The maximum absolute atomic E-state index is 12.6. The Balaban J connectivity index is 1.96. The Hall–Kier alpha value is -1.88. The highest BCUT2D eigenvalue weighted by Crippen LogP contribution is 2.49. The zero-order valence-electron chi connectivity index (χ0n) is 13.6. The highest BCUT2D eigenvalue weighted by Gasteiger charge is 2.49. The van der Waals surface area contributed by atoms with Crippen LogP contribution in [-0.2, 0) is 20.7 Å². The van der Waals surface area contributed by atoms with Gasteiger partial charge in [-0.15, -0.1) is 0 Å². The molecule has 1 aliphatic rings. The van der Waals surface area contributed by atoms with E-state index in [1.807, 2.05) is 30.3 Å². The molecular formula is C18H25NO4. The summed E-state index contributed by atoms with van der Waals surface area (Å²) in [5, 5.41) is 12.0. The lowest BCUT2D eigenvalue weighted by atomic mass is 9.98. The van der Waals surface area contributed by atoms with Crippen LogP contribution in [0, 0.1) is 5.41 Å². The van der Waals surface area contributed by atoms with Gasteiger partial charge in [0.25, 0.3) is 0 Å². The number of nitrogens with one attached hydrogen (secondary N) is 1. The number of amides is 1. The molecule has 1 aromatic rings. The Kier molecular flexibility index (Phi) is 6.16. The standard InChI is InChI=1S/C18H25NO4/c1-23-12-11-18(9-10-18)17(22)19-15(7-8-16(20)21)13-14-5-3-2-4-6-14/h2-6,15H,7-13H2,1H3,(H,19,22)(H,20,21). The van der Waals surface area contributed by atoms with Crippen LogP contribution in [0.5, 0.6) is 0 Å². The predicted octanol–water partition coefficient (Wildman–Crippen LogP) is 2.40. The fraction of sp³-hybridized carbons (Fsp3) is 0.556. The van der Waals surface area contributed by atoms with Gasteiger partial charge in [0.05, 0.1) is 5.41 Å². The van der Waals surface area contributed by atoms with Crippen LogP contribution in [0.2, 0.25) is 0 Å². The topological polar surface area (TPSA) is 75.6 Å². The summed E-state index contributed by atoms with van der Waals surface area (Å²) in [6, 6.07) is 9.69. The zero-order valence-corrected chi connectivity index (χ0v) is 13.6. The minimum atomic E-state index is -0.835. The maximum Gasteiger partial charge on any atom is 0.303 e. The molecule has 1 atom stereocenters. The van der Waals surface area contributed by atoms with Crippen molar-refractivity contribution in [2.24, 2.45) is 5.41 Å². The molecule has 1 amide bonds. The van der Waals surface area contributed by atoms with Crippen molar-refractivity contribution < 1.29 is 19.4 Å². The van der Waals surface area contributed by atoms with Crippen LogP contribution in [0.15, 0.2) is 30.3 Å². The fourth-order valence-corrected chi connectivity index (χ4v) is 2.80. The van der Waals surface area contributed by atoms with E-state index in [1.54, 1.807) is 7.11 Å². The first-order valence-corrected chi connectivity index (χ1v) is 8.11. The van der Waals surface area contributed by atoms with Crippen LogP contribution in [0.25, 0.3) is 0 Å². The molecule has 1 aliphatic carbocycles. The van der Waals surface area contributed by atoms with Crippen molar-refractivity contribution in [2.45, 2.75) is 44.6 Å². The second-order valence-electron chi connectivity index (χ2n) is 6.32. The highest BCUT2D eigenvalue weighted by molar-refractivity contribution is 5.85. The van der Waals surface area contributed by atoms with E-state index in [-0.39, 0.29) is 23.8 Å². The van der Waals surface area contributed by atoms with Crippen LogP contribution in [0.1, 0.15) is 37.7 Å². The van der Waals surface area contributed by atoms with E-state index in [9.17, 15) is 9.59 Å². The molecular weight excluding hydrogens is 294 g/mol. The van der Waals surface area contributed by atoms with Crippen molar-refractivity contribution in [3.63, 3.8) is 0 Å². The van der Waals surface area contributed by atoms with E-state index in [1.165, 1.54) is 0 Å². The van der Waals surface area contributed by atoms with Gasteiger partial charge in [0.1, 0.15) is 0 Å². The normalized spacial score (nSPS) is 16.6. The molecule has 126 valence electrons. The van der Waals surface area contributed by atoms with Gasteiger partial charge >= 0.3 is 5.97 Å². The van der Waals surface area contributed by atoms with E-state index < -0.39 is 5.97 Å². The lowest BCUT2D eigenvalue weighted by molar-refractivity contribution is -0.137. The van der Waals surface area contributed by atoms with Gasteiger partial charge in [-0.05, 0) is 37.7 Å². The van der Waals surface area contributed by atoms with E-state index in [4.69, 9.17) is 9.84 Å². The summed E-state index contributed by atoms with van der Waals surface area (Å²) in [4.78, 5) is 23.4. The molecule has 0 spiro atoms. The van der Waals surface area contributed by atoms with E-state index >= 15 is 0 Å². The van der Waals surface area contributed by atoms with Crippen molar-refractivity contribution in [1.82, 2.24) is 5.32 Å². The van der Waals surface area contributed by atoms with Crippen LogP contribution < -0.4 is 5.32 Å². The Bertz CT molecular complexity index is 525. The number of methoxy groups -OCH3 is 1. The molecule has 1 unspecified atom stereocenters. The summed E-state index contributed by atoms with van der Waals surface area (Å²) in [5.74, 6) is -0.793. The molecule has 0 aromatic heterocycles. The third-order valence-corrected chi connectivity index (χ3v) is 4.49. The number of ether oxygens (including phenoxy) is 1. The molecule has 0 saturated heterocycles. The number of carboxylic acid groups (broad SMARTS) is 1. The number of carboxylic acids is 1. The summed E-state index contributed by atoms with van der Waals surface area (Å²) < 4.78 is 5.09. The molecule has 2 rings (SSSR count). The number of benzene rings is 1. The first-order valence-electron chi connectivity index (χ1n) is 8.11. The van der Waals surface area contributed by atoms with Gasteiger partial charge in [-0.3, -0.25) is 9.59 Å². The Morgan fingerprint density at radius 1 is 1.30 bits per heavy atom. The lowest BCUT2D eigenvalue weighted by Gasteiger charge is -2.22. The molecule has 0 radical (unpaired) electrons. The average Bonchev–Trinajstić information content (AvgIpc) is 3.33. The number of hydrogen-bond donors (Lipinski definition) is 2. The van der Waals surface area contributed by atoms with Crippen molar-refractivity contribution in [3.8, 4) is 0 Å². The van der Waals surface area contributed by atoms with Gasteiger partial charge < -0.3 is 15.2 Å². The molecule has 0 heterocycles. The van der Waals surface area contributed by atoms with Gasteiger partial charge in [-0.2, -0.15) is 0 Å². The van der Waals surface area contributed by atoms with Gasteiger partial charge in [0, 0.05) is 26.2 Å². The van der Waals surface area contributed by atoms with Crippen LogP contribution in [-0.4, -0.2) is 36.7 Å². The lowest BCUT2D eigenvalue weighted by Crippen LogP contribution is -2.41. The number of rotatable bonds is 10. The molecule has 5 heteroatoms. The number of aliphatic carboxylic acids is 1. The Labute approximate surface area is 137 Å². The minimum Gasteiger partial charge on any atom is -0.481 e. The fourth-order valence-electron chi connectivity index (χ4n) is 2.80. The van der Waals surface area contributed by atoms with E-state index in [2.05, 4.69) is 5.32 Å². The zero-order chi connectivity index (χ0) is 16.7. The smallest absolute Gasteiger partial charge is 0.303 e. The van der Waals surface area contributed by atoms with Crippen LogP contribution in [0.3, 0.4) is 0 Å². The average molecular weight is 319 g/mol. The molecule has 1 fully saturated rings. The molecule has 1 aromatic carbocycles. The monoisotopic (exact) mass is 319 g/mol. The third-order valence-electron chi connectivity index (χ3n) is 4.49. The van der Waals surface area contributed by atoms with Crippen molar-refractivity contribution in [3.05, 3.63) is 35.9 Å². The van der Waals surface area contributed by atoms with Crippen LogP contribution in [0.4, 0.5) is 0 Å².